The van der Waals surface area contributed by atoms with Gasteiger partial charge in [-0.3, -0.25) is 9.48 Å². The van der Waals surface area contributed by atoms with Gasteiger partial charge >= 0.3 is 0 Å². The Kier molecular flexibility index (Phi) is 4.97. The molecule has 0 spiro atoms. The first-order valence-corrected chi connectivity index (χ1v) is 9.78. The topological polar surface area (TPSA) is 60.1 Å². The molecule has 0 aliphatic heterocycles. The van der Waals surface area contributed by atoms with E-state index in [-0.39, 0.29) is 5.91 Å². The number of nitrogens with one attached hydrogen (secondary N) is 1. The van der Waals surface area contributed by atoms with Gasteiger partial charge in [-0.1, -0.05) is 42.5 Å². The van der Waals surface area contributed by atoms with E-state index in [1.54, 1.807) is 0 Å². The van der Waals surface area contributed by atoms with E-state index in [4.69, 9.17) is 4.42 Å². The van der Waals surface area contributed by atoms with Gasteiger partial charge in [-0.25, -0.2) is 0 Å². The van der Waals surface area contributed by atoms with Crippen molar-refractivity contribution in [2.24, 2.45) is 0 Å². The van der Waals surface area contributed by atoms with Crippen LogP contribution < -0.4 is 5.32 Å². The number of amides is 1. The van der Waals surface area contributed by atoms with E-state index in [1.165, 1.54) is 0 Å². The zero-order valence-electron chi connectivity index (χ0n) is 17.2. The van der Waals surface area contributed by atoms with Crippen molar-refractivity contribution in [3.8, 4) is 0 Å². The zero-order valence-corrected chi connectivity index (χ0v) is 17.2. The lowest BCUT2D eigenvalue weighted by Gasteiger charge is -2.08. The average Bonchev–Trinajstić information content (AvgIpc) is 3.20. The summed E-state index contributed by atoms with van der Waals surface area (Å²) < 4.78 is 7.87. The van der Waals surface area contributed by atoms with E-state index < -0.39 is 0 Å². The molecule has 0 saturated heterocycles. The number of hydrogen-bond acceptors (Lipinski definition) is 3. The maximum Gasteiger partial charge on any atom is 0.287 e. The van der Waals surface area contributed by atoms with Crippen LogP contribution in [0.2, 0.25) is 0 Å². The van der Waals surface area contributed by atoms with Crippen molar-refractivity contribution < 1.29 is 9.21 Å². The summed E-state index contributed by atoms with van der Waals surface area (Å²) in [7, 11) is 0. The monoisotopic (exact) mass is 387 g/mol. The van der Waals surface area contributed by atoms with Crippen LogP contribution in [-0.2, 0) is 13.1 Å². The predicted molar refractivity (Wildman–Crippen MR) is 114 cm³/mol. The molecule has 5 heteroatoms. The van der Waals surface area contributed by atoms with Crippen LogP contribution in [0.4, 0.5) is 0 Å². The molecule has 0 aliphatic rings. The number of hydrogen-bond donors (Lipinski definition) is 1. The van der Waals surface area contributed by atoms with Gasteiger partial charge in [0.25, 0.3) is 5.91 Å². The van der Waals surface area contributed by atoms with Gasteiger partial charge in [-0.15, -0.1) is 0 Å². The minimum Gasteiger partial charge on any atom is -0.450 e. The molecule has 2 heterocycles. The number of furan rings is 1. The van der Waals surface area contributed by atoms with Crippen LogP contribution in [0, 0.1) is 27.7 Å². The molecule has 0 aliphatic carbocycles. The fourth-order valence-corrected chi connectivity index (χ4v) is 3.71. The Morgan fingerprint density at radius 2 is 1.79 bits per heavy atom. The number of nitrogens with zero attached hydrogens (tertiary/aromatic N) is 2. The maximum absolute atomic E-state index is 12.7. The smallest absolute Gasteiger partial charge is 0.287 e. The van der Waals surface area contributed by atoms with E-state index in [2.05, 4.69) is 35.5 Å². The Morgan fingerprint density at radius 1 is 1.03 bits per heavy atom. The van der Waals surface area contributed by atoms with Crippen molar-refractivity contribution in [1.29, 1.82) is 0 Å². The van der Waals surface area contributed by atoms with Gasteiger partial charge < -0.3 is 9.73 Å². The van der Waals surface area contributed by atoms with Crippen LogP contribution >= 0.6 is 0 Å². The van der Waals surface area contributed by atoms with Crippen molar-refractivity contribution in [1.82, 2.24) is 15.1 Å². The molecule has 148 valence electrons. The lowest BCUT2D eigenvalue weighted by molar-refractivity contribution is 0.0924. The maximum atomic E-state index is 12.7. The summed E-state index contributed by atoms with van der Waals surface area (Å²) in [5.41, 5.74) is 7.03. The summed E-state index contributed by atoms with van der Waals surface area (Å²) in [6.07, 6.45) is 0. The zero-order chi connectivity index (χ0) is 20.5. The molecule has 29 heavy (non-hydrogen) atoms. The number of carbonyl (C=O) groups is 1. The third kappa shape index (κ3) is 3.81. The third-order valence-electron chi connectivity index (χ3n) is 5.25. The molecular formula is C24H25N3O2. The number of carbonyl (C=O) groups excluding carboxylic acids is 1. The van der Waals surface area contributed by atoms with E-state index in [1.807, 2.05) is 55.8 Å². The highest BCUT2D eigenvalue weighted by Gasteiger charge is 2.18. The van der Waals surface area contributed by atoms with Crippen LogP contribution in [0.15, 0.2) is 52.9 Å². The quantitative estimate of drug-likeness (QED) is 0.533. The van der Waals surface area contributed by atoms with Crippen LogP contribution in [0.1, 0.15) is 44.2 Å². The largest absolute Gasteiger partial charge is 0.450 e. The Labute approximate surface area is 170 Å². The van der Waals surface area contributed by atoms with Crippen molar-refractivity contribution in [2.75, 3.05) is 0 Å². The molecule has 0 unspecified atom stereocenters. The molecule has 0 saturated carbocycles. The SMILES string of the molecule is Cc1cc(C)n(Cc2cccc(CNC(=O)c3oc4c(C)cccc4c3C)c2)n1. The number of rotatable bonds is 5. The van der Waals surface area contributed by atoms with Crippen LogP contribution in [0.5, 0.6) is 0 Å². The van der Waals surface area contributed by atoms with E-state index >= 15 is 0 Å². The van der Waals surface area contributed by atoms with Crippen molar-refractivity contribution >= 4 is 16.9 Å². The molecule has 2 aromatic heterocycles. The lowest BCUT2D eigenvalue weighted by atomic mass is 10.1. The standard InChI is InChI=1S/C24H25N3O2/c1-15-7-5-10-21-18(4)23(29-22(15)21)24(28)25-13-19-8-6-9-20(12-19)14-27-17(3)11-16(2)26-27/h5-12H,13-14H2,1-4H3,(H,25,28). The first-order chi connectivity index (χ1) is 13.9. The number of aromatic nitrogens is 2. The Bertz CT molecular complexity index is 1200. The predicted octanol–water partition coefficient (Wildman–Crippen LogP) is 4.84. The molecule has 0 radical (unpaired) electrons. The summed E-state index contributed by atoms with van der Waals surface area (Å²) in [5.74, 6) is 0.190. The second-order valence-electron chi connectivity index (χ2n) is 7.60. The molecule has 0 atom stereocenters. The lowest BCUT2D eigenvalue weighted by Crippen LogP contribution is -2.23. The van der Waals surface area contributed by atoms with Crippen LogP contribution in [0.25, 0.3) is 11.0 Å². The van der Waals surface area contributed by atoms with Crippen molar-refractivity contribution in [2.45, 2.75) is 40.8 Å². The highest BCUT2D eigenvalue weighted by molar-refractivity contribution is 5.99. The fourth-order valence-electron chi connectivity index (χ4n) is 3.71. The molecule has 1 N–H and O–H groups in total. The highest BCUT2D eigenvalue weighted by Crippen LogP contribution is 2.27. The Hall–Kier alpha value is -3.34. The molecule has 2 aromatic carbocycles. The second-order valence-corrected chi connectivity index (χ2v) is 7.60. The molecule has 0 fully saturated rings. The summed E-state index contributed by atoms with van der Waals surface area (Å²) >= 11 is 0. The summed E-state index contributed by atoms with van der Waals surface area (Å²) in [5, 5.41) is 8.50. The molecule has 4 aromatic rings. The van der Waals surface area contributed by atoms with Crippen molar-refractivity contribution in [3.05, 3.63) is 87.9 Å². The van der Waals surface area contributed by atoms with E-state index in [0.717, 1.165) is 44.6 Å². The molecule has 1 amide bonds. The van der Waals surface area contributed by atoms with Crippen molar-refractivity contribution in [3.63, 3.8) is 0 Å². The van der Waals surface area contributed by atoms with Crippen LogP contribution in [0.3, 0.4) is 0 Å². The number of aryl methyl sites for hydroxylation is 4. The fraction of sp³-hybridized carbons (Fsp3) is 0.250. The first kappa shape index (κ1) is 19.0. The van der Waals surface area contributed by atoms with Crippen LogP contribution in [-0.4, -0.2) is 15.7 Å². The summed E-state index contributed by atoms with van der Waals surface area (Å²) in [6, 6.07) is 16.2. The molecular weight excluding hydrogens is 362 g/mol. The molecule has 5 nitrogen and oxygen atoms in total. The minimum atomic E-state index is -0.193. The van der Waals surface area contributed by atoms with Gasteiger partial charge in [0.2, 0.25) is 0 Å². The van der Waals surface area contributed by atoms with E-state index in [0.29, 0.717) is 18.8 Å². The highest BCUT2D eigenvalue weighted by atomic mass is 16.3. The van der Waals surface area contributed by atoms with Gasteiger partial charge in [-0.2, -0.15) is 5.10 Å². The first-order valence-electron chi connectivity index (χ1n) is 9.78. The minimum absolute atomic E-state index is 0.193. The third-order valence-corrected chi connectivity index (χ3v) is 5.25. The van der Waals surface area contributed by atoms with Gasteiger partial charge in [0.05, 0.1) is 12.2 Å². The number of para-hydroxylation sites is 1. The summed E-state index contributed by atoms with van der Waals surface area (Å²) in [4.78, 5) is 12.7. The number of benzene rings is 2. The summed E-state index contributed by atoms with van der Waals surface area (Å²) in [6.45, 7) is 9.12. The van der Waals surface area contributed by atoms with Gasteiger partial charge in [-0.05, 0) is 50.5 Å². The molecule has 0 bridgehead atoms. The average molecular weight is 387 g/mol. The molecule has 4 rings (SSSR count). The van der Waals surface area contributed by atoms with Gasteiger partial charge in [0.15, 0.2) is 5.76 Å². The Morgan fingerprint density at radius 3 is 2.52 bits per heavy atom. The van der Waals surface area contributed by atoms with Gasteiger partial charge in [0.1, 0.15) is 5.58 Å². The Balaban J connectivity index is 1.48. The van der Waals surface area contributed by atoms with Gasteiger partial charge in [0, 0.05) is 23.2 Å². The van der Waals surface area contributed by atoms with E-state index in [9.17, 15) is 4.79 Å². The second kappa shape index (κ2) is 7.59. The normalized spacial score (nSPS) is 11.2. The number of fused-ring (bicyclic) bond motifs is 1.